The molecule has 178 valence electrons. The average molecular weight is 505 g/mol. The van der Waals surface area contributed by atoms with Gasteiger partial charge >= 0.3 is 0 Å². The molecule has 0 spiro atoms. The number of benzene rings is 4. The first kappa shape index (κ1) is 23.3. The van der Waals surface area contributed by atoms with Crippen LogP contribution in [-0.4, -0.2) is 26.7 Å². The van der Waals surface area contributed by atoms with Crippen molar-refractivity contribution >= 4 is 49.8 Å². The number of hydrogen-bond acceptors (Lipinski definition) is 5. The van der Waals surface area contributed by atoms with E-state index in [1.807, 2.05) is 61.5 Å². The van der Waals surface area contributed by atoms with E-state index >= 15 is 0 Å². The summed E-state index contributed by atoms with van der Waals surface area (Å²) >= 11 is 1.51. The number of nitrogens with zero attached hydrogens (tertiary/aromatic N) is 1. The summed E-state index contributed by atoms with van der Waals surface area (Å²) in [6.45, 7) is 2.49. The first-order valence-electron chi connectivity index (χ1n) is 11.2. The molecule has 35 heavy (non-hydrogen) atoms. The second-order valence-electron chi connectivity index (χ2n) is 8.09. The number of sulfonamides is 1. The van der Waals surface area contributed by atoms with E-state index in [0.717, 1.165) is 27.8 Å². The predicted octanol–water partition coefficient (Wildman–Crippen LogP) is 5.82. The van der Waals surface area contributed by atoms with Gasteiger partial charge in [-0.05, 0) is 71.8 Å². The van der Waals surface area contributed by atoms with Crippen molar-refractivity contribution in [1.29, 1.82) is 0 Å². The third-order valence-electron chi connectivity index (χ3n) is 5.75. The molecule has 1 aliphatic heterocycles. The van der Waals surface area contributed by atoms with Crippen LogP contribution >= 0.6 is 11.8 Å². The zero-order chi connectivity index (χ0) is 24.4. The summed E-state index contributed by atoms with van der Waals surface area (Å²) in [6, 6.07) is 27.3. The van der Waals surface area contributed by atoms with Crippen molar-refractivity contribution in [2.45, 2.75) is 17.2 Å². The maximum absolute atomic E-state index is 13.1. The zero-order valence-corrected chi connectivity index (χ0v) is 20.7. The fourth-order valence-electron chi connectivity index (χ4n) is 4.12. The average Bonchev–Trinajstić information content (AvgIpc) is 3.25. The summed E-state index contributed by atoms with van der Waals surface area (Å²) in [6.07, 6.45) is 0. The first-order valence-corrected chi connectivity index (χ1v) is 13.8. The summed E-state index contributed by atoms with van der Waals surface area (Å²) in [7, 11) is -3.78. The van der Waals surface area contributed by atoms with Crippen molar-refractivity contribution in [1.82, 2.24) is 0 Å². The minimum absolute atomic E-state index is 0.00584. The van der Waals surface area contributed by atoms with Crippen LogP contribution in [0.5, 0.6) is 5.75 Å². The van der Waals surface area contributed by atoms with Crippen LogP contribution < -0.4 is 14.4 Å². The summed E-state index contributed by atoms with van der Waals surface area (Å²) in [4.78, 5) is 14.7. The van der Waals surface area contributed by atoms with Gasteiger partial charge in [0.05, 0.1) is 17.3 Å². The van der Waals surface area contributed by atoms with E-state index < -0.39 is 10.0 Å². The molecule has 1 saturated heterocycles. The number of carbonyl (C=O) groups excluding carboxylic acids is 1. The lowest BCUT2D eigenvalue weighted by atomic mass is 10.1. The third-order valence-corrected chi connectivity index (χ3v) is 8.34. The van der Waals surface area contributed by atoms with E-state index in [2.05, 4.69) is 4.72 Å². The van der Waals surface area contributed by atoms with Gasteiger partial charge in [-0.25, -0.2) is 8.42 Å². The number of anilines is 2. The normalized spacial score (nSPS) is 16.0. The molecule has 6 nitrogen and oxygen atoms in total. The topological polar surface area (TPSA) is 75.7 Å². The Kier molecular flexibility index (Phi) is 6.40. The number of amides is 1. The van der Waals surface area contributed by atoms with Crippen molar-refractivity contribution < 1.29 is 17.9 Å². The Bertz CT molecular complexity index is 1490. The molecule has 8 heteroatoms. The van der Waals surface area contributed by atoms with Crippen molar-refractivity contribution in [2.75, 3.05) is 22.0 Å². The molecule has 0 bridgehead atoms. The molecular weight excluding hydrogens is 480 g/mol. The second-order valence-corrected chi connectivity index (χ2v) is 10.8. The number of thioether (sulfide) groups is 1. The van der Waals surface area contributed by atoms with Gasteiger partial charge in [0.25, 0.3) is 10.0 Å². The van der Waals surface area contributed by atoms with Gasteiger partial charge < -0.3 is 4.74 Å². The molecule has 0 radical (unpaired) electrons. The van der Waals surface area contributed by atoms with Crippen LogP contribution in [0.2, 0.25) is 0 Å². The van der Waals surface area contributed by atoms with Gasteiger partial charge in [-0.3, -0.25) is 14.4 Å². The van der Waals surface area contributed by atoms with Crippen molar-refractivity contribution in [3.63, 3.8) is 0 Å². The van der Waals surface area contributed by atoms with Gasteiger partial charge in [-0.15, -0.1) is 11.8 Å². The van der Waals surface area contributed by atoms with Crippen LogP contribution in [-0.2, 0) is 14.8 Å². The van der Waals surface area contributed by atoms with Gasteiger partial charge in [0.1, 0.15) is 11.1 Å². The Morgan fingerprint density at radius 3 is 2.49 bits per heavy atom. The summed E-state index contributed by atoms with van der Waals surface area (Å²) < 4.78 is 34.4. The molecule has 1 amide bonds. The molecule has 1 atom stereocenters. The number of nitrogens with one attached hydrogen (secondary N) is 1. The molecule has 1 heterocycles. The zero-order valence-electron chi connectivity index (χ0n) is 19.0. The molecule has 0 saturated carbocycles. The van der Waals surface area contributed by atoms with Gasteiger partial charge in [-0.1, -0.05) is 42.5 Å². The Morgan fingerprint density at radius 2 is 1.71 bits per heavy atom. The van der Waals surface area contributed by atoms with Gasteiger partial charge in [-0.2, -0.15) is 0 Å². The molecule has 0 aromatic heterocycles. The van der Waals surface area contributed by atoms with Crippen LogP contribution in [0.3, 0.4) is 0 Å². The molecule has 4 aromatic carbocycles. The number of ether oxygens (including phenoxy) is 1. The maximum Gasteiger partial charge on any atom is 0.261 e. The smallest absolute Gasteiger partial charge is 0.261 e. The predicted molar refractivity (Wildman–Crippen MR) is 141 cm³/mol. The summed E-state index contributed by atoms with van der Waals surface area (Å²) in [5.41, 5.74) is 2.06. The highest BCUT2D eigenvalue weighted by molar-refractivity contribution is 8.00. The third kappa shape index (κ3) is 4.85. The minimum Gasteiger partial charge on any atom is -0.494 e. The van der Waals surface area contributed by atoms with Crippen molar-refractivity contribution in [3.05, 3.63) is 96.6 Å². The number of rotatable bonds is 7. The number of hydrogen-bond donors (Lipinski definition) is 1. The van der Waals surface area contributed by atoms with Crippen LogP contribution in [0.1, 0.15) is 17.9 Å². The summed E-state index contributed by atoms with van der Waals surface area (Å²) in [5.74, 6) is 1.11. The van der Waals surface area contributed by atoms with Crippen molar-refractivity contribution in [3.8, 4) is 5.75 Å². The van der Waals surface area contributed by atoms with Crippen molar-refractivity contribution in [2.24, 2.45) is 0 Å². The second kappa shape index (κ2) is 9.64. The van der Waals surface area contributed by atoms with E-state index in [-0.39, 0.29) is 16.2 Å². The Balaban J connectivity index is 1.41. The van der Waals surface area contributed by atoms with E-state index in [4.69, 9.17) is 4.74 Å². The fourth-order valence-corrected chi connectivity index (χ4v) is 6.38. The minimum atomic E-state index is -3.78. The largest absolute Gasteiger partial charge is 0.494 e. The van der Waals surface area contributed by atoms with Crippen LogP contribution in [0.4, 0.5) is 11.4 Å². The quantitative estimate of drug-likeness (QED) is 0.343. The highest BCUT2D eigenvalue weighted by Gasteiger charge is 2.34. The van der Waals surface area contributed by atoms with Crippen LogP contribution in [0.25, 0.3) is 10.8 Å². The SMILES string of the molecule is CCOc1ccc(N2C(=O)CSC2c2cccc(NS(=O)(=O)c3ccc4ccccc4c3)c2)cc1. The molecule has 4 aromatic rings. The Morgan fingerprint density at radius 1 is 0.943 bits per heavy atom. The molecule has 5 rings (SSSR count). The van der Waals surface area contributed by atoms with Gasteiger partial charge in [0.15, 0.2) is 0 Å². The lowest BCUT2D eigenvalue weighted by molar-refractivity contribution is -0.115. The molecular formula is C27H24N2O4S2. The maximum atomic E-state index is 13.1. The fraction of sp³-hybridized carbons (Fsp3) is 0.148. The number of carbonyl (C=O) groups is 1. The molecule has 0 aliphatic carbocycles. The van der Waals surface area contributed by atoms with E-state index in [0.29, 0.717) is 18.0 Å². The lowest BCUT2D eigenvalue weighted by Gasteiger charge is -2.25. The molecule has 1 N–H and O–H groups in total. The summed E-state index contributed by atoms with van der Waals surface area (Å²) in [5, 5.41) is 1.58. The molecule has 1 fully saturated rings. The number of fused-ring (bicyclic) bond motifs is 1. The van der Waals surface area contributed by atoms with Crippen LogP contribution in [0.15, 0.2) is 95.9 Å². The molecule has 1 unspecified atom stereocenters. The van der Waals surface area contributed by atoms with E-state index in [9.17, 15) is 13.2 Å². The Labute approximate surface area is 209 Å². The van der Waals surface area contributed by atoms with E-state index in [1.54, 1.807) is 41.3 Å². The Hall–Kier alpha value is -3.49. The molecule has 1 aliphatic rings. The standard InChI is InChI=1S/C27H24N2O4S2/c1-2-33-24-13-11-23(12-14-24)29-26(30)18-34-27(29)21-8-5-9-22(16-21)28-35(31,32)25-15-10-19-6-3-4-7-20(19)17-25/h3-17,27-28H,2,18H2,1H3. The van der Waals surface area contributed by atoms with Crippen LogP contribution in [0, 0.1) is 0 Å². The van der Waals surface area contributed by atoms with Gasteiger partial charge in [0, 0.05) is 11.4 Å². The first-order chi connectivity index (χ1) is 16.9. The lowest BCUT2D eigenvalue weighted by Crippen LogP contribution is -2.27. The highest BCUT2D eigenvalue weighted by Crippen LogP contribution is 2.42. The van der Waals surface area contributed by atoms with Gasteiger partial charge in [0.2, 0.25) is 5.91 Å². The highest BCUT2D eigenvalue weighted by atomic mass is 32.2. The monoisotopic (exact) mass is 504 g/mol. The van der Waals surface area contributed by atoms with E-state index in [1.165, 1.54) is 11.8 Å².